The van der Waals surface area contributed by atoms with Crippen LogP contribution in [0.1, 0.15) is 33.6 Å². The van der Waals surface area contributed by atoms with Gasteiger partial charge in [0.25, 0.3) is 0 Å². The molecule has 1 atom stereocenters. The molecule has 4 heteroatoms. The van der Waals surface area contributed by atoms with Crippen molar-refractivity contribution in [3.63, 3.8) is 0 Å². The highest BCUT2D eigenvalue weighted by Crippen LogP contribution is 2.25. The van der Waals surface area contributed by atoms with Crippen LogP contribution in [0.5, 0.6) is 0 Å². The average Bonchev–Trinajstić information content (AvgIpc) is 1.81. The van der Waals surface area contributed by atoms with Gasteiger partial charge in [-0.05, 0) is 20.8 Å². The Hall–Kier alpha value is -0.610. The maximum absolute atomic E-state index is 10.4. The average molecular weight is 190 g/mol. The van der Waals surface area contributed by atoms with E-state index in [0.717, 1.165) is 0 Å². The SMILES string of the molecule is COC(C)(C)CC(C)(O)CC(=O)O. The minimum atomic E-state index is -1.22. The summed E-state index contributed by atoms with van der Waals surface area (Å²) < 4.78 is 5.10. The van der Waals surface area contributed by atoms with Crippen LogP contribution in [0.25, 0.3) is 0 Å². The predicted octanol–water partition coefficient (Wildman–Crippen LogP) is 1.03. The molecular formula is C9H18O4. The molecule has 13 heavy (non-hydrogen) atoms. The first-order valence-corrected chi connectivity index (χ1v) is 4.18. The summed E-state index contributed by atoms with van der Waals surface area (Å²) in [6, 6.07) is 0. The third-order valence-electron chi connectivity index (χ3n) is 1.89. The number of ether oxygens (including phenoxy) is 1. The first-order chi connectivity index (χ1) is 5.68. The number of carboxylic acids is 1. The van der Waals surface area contributed by atoms with E-state index >= 15 is 0 Å². The summed E-state index contributed by atoms with van der Waals surface area (Å²) in [6.07, 6.45) is 0.0303. The van der Waals surface area contributed by atoms with Gasteiger partial charge < -0.3 is 14.9 Å². The lowest BCUT2D eigenvalue weighted by atomic mass is 9.88. The summed E-state index contributed by atoms with van der Waals surface area (Å²) in [4.78, 5) is 10.4. The van der Waals surface area contributed by atoms with Gasteiger partial charge in [0.2, 0.25) is 0 Å². The van der Waals surface area contributed by atoms with Gasteiger partial charge in [-0.15, -0.1) is 0 Å². The lowest BCUT2D eigenvalue weighted by molar-refractivity contribution is -0.144. The van der Waals surface area contributed by atoms with Crippen molar-refractivity contribution in [3.05, 3.63) is 0 Å². The highest BCUT2D eigenvalue weighted by molar-refractivity contribution is 5.68. The molecule has 0 radical (unpaired) electrons. The van der Waals surface area contributed by atoms with Crippen LogP contribution in [0.4, 0.5) is 0 Å². The van der Waals surface area contributed by atoms with Crippen LogP contribution in [0, 0.1) is 0 Å². The molecule has 0 fully saturated rings. The van der Waals surface area contributed by atoms with Crippen LogP contribution in [-0.4, -0.2) is 34.5 Å². The first kappa shape index (κ1) is 12.4. The van der Waals surface area contributed by atoms with E-state index in [1.165, 1.54) is 14.0 Å². The summed E-state index contributed by atoms with van der Waals surface area (Å²) in [5.41, 5.74) is -1.72. The normalized spacial score (nSPS) is 16.7. The van der Waals surface area contributed by atoms with Gasteiger partial charge in [0, 0.05) is 13.5 Å². The number of hydrogen-bond donors (Lipinski definition) is 2. The van der Waals surface area contributed by atoms with Crippen molar-refractivity contribution in [1.29, 1.82) is 0 Å². The summed E-state index contributed by atoms with van der Waals surface area (Å²) in [5, 5.41) is 18.2. The summed E-state index contributed by atoms with van der Waals surface area (Å²) >= 11 is 0. The molecule has 0 aliphatic rings. The second-order valence-corrected chi connectivity index (χ2v) is 4.21. The lowest BCUT2D eigenvalue weighted by Gasteiger charge is -2.31. The minimum Gasteiger partial charge on any atom is -0.481 e. The number of carboxylic acid groups (broad SMARTS) is 1. The fraction of sp³-hybridized carbons (Fsp3) is 0.889. The highest BCUT2D eigenvalue weighted by atomic mass is 16.5. The van der Waals surface area contributed by atoms with Crippen LogP contribution < -0.4 is 0 Å². The summed E-state index contributed by atoms with van der Waals surface area (Å²) in [6.45, 7) is 5.12. The number of aliphatic carboxylic acids is 1. The van der Waals surface area contributed by atoms with E-state index in [-0.39, 0.29) is 6.42 Å². The second-order valence-electron chi connectivity index (χ2n) is 4.21. The molecule has 0 heterocycles. The van der Waals surface area contributed by atoms with Gasteiger partial charge in [-0.2, -0.15) is 0 Å². The van der Waals surface area contributed by atoms with Gasteiger partial charge in [-0.1, -0.05) is 0 Å². The number of methoxy groups -OCH3 is 1. The molecule has 2 N–H and O–H groups in total. The van der Waals surface area contributed by atoms with Gasteiger partial charge in [0.05, 0.1) is 17.6 Å². The third-order valence-corrected chi connectivity index (χ3v) is 1.89. The zero-order chi connectivity index (χ0) is 10.7. The molecule has 0 saturated heterocycles. The monoisotopic (exact) mass is 190 g/mol. The number of hydrogen-bond acceptors (Lipinski definition) is 3. The van der Waals surface area contributed by atoms with Gasteiger partial charge >= 0.3 is 5.97 Å². The Balaban J connectivity index is 4.24. The molecule has 0 aromatic rings. The number of carbonyl (C=O) groups is 1. The van der Waals surface area contributed by atoms with E-state index < -0.39 is 17.2 Å². The molecule has 0 aliphatic heterocycles. The van der Waals surface area contributed by atoms with Crippen LogP contribution in [-0.2, 0) is 9.53 Å². The standard InChI is InChI=1S/C9H18O4/c1-8(2,13-4)6-9(3,12)5-7(10)11/h12H,5-6H2,1-4H3,(H,10,11). The van der Waals surface area contributed by atoms with Gasteiger partial charge in [0.1, 0.15) is 0 Å². The highest BCUT2D eigenvalue weighted by Gasteiger charge is 2.32. The fourth-order valence-corrected chi connectivity index (χ4v) is 1.38. The van der Waals surface area contributed by atoms with E-state index in [0.29, 0.717) is 6.42 Å². The number of aliphatic hydroxyl groups is 1. The van der Waals surface area contributed by atoms with E-state index in [1.54, 1.807) is 0 Å². The maximum Gasteiger partial charge on any atom is 0.306 e. The first-order valence-electron chi connectivity index (χ1n) is 4.18. The Bertz CT molecular complexity index is 184. The van der Waals surface area contributed by atoms with Crippen molar-refractivity contribution >= 4 is 5.97 Å². The second kappa shape index (κ2) is 4.07. The Labute approximate surface area is 78.5 Å². The van der Waals surface area contributed by atoms with Crippen molar-refractivity contribution in [3.8, 4) is 0 Å². The van der Waals surface area contributed by atoms with Gasteiger partial charge in [-0.3, -0.25) is 4.79 Å². The van der Waals surface area contributed by atoms with Crippen molar-refractivity contribution in [1.82, 2.24) is 0 Å². The molecule has 0 saturated carbocycles. The maximum atomic E-state index is 10.4. The van der Waals surface area contributed by atoms with Crippen LogP contribution >= 0.6 is 0 Å². The Morgan fingerprint density at radius 3 is 2.15 bits per heavy atom. The molecule has 0 aromatic carbocycles. The van der Waals surface area contributed by atoms with Crippen molar-refractivity contribution < 1.29 is 19.7 Å². The van der Waals surface area contributed by atoms with Gasteiger partial charge in [-0.25, -0.2) is 0 Å². The summed E-state index contributed by atoms with van der Waals surface area (Å²) in [5.74, 6) is -1.00. The van der Waals surface area contributed by atoms with Crippen molar-refractivity contribution in [2.45, 2.75) is 44.8 Å². The molecule has 0 aliphatic carbocycles. The molecule has 0 aromatic heterocycles. The summed E-state index contributed by atoms with van der Waals surface area (Å²) in [7, 11) is 1.54. The zero-order valence-electron chi connectivity index (χ0n) is 8.63. The van der Waals surface area contributed by atoms with E-state index in [1.807, 2.05) is 13.8 Å². The quantitative estimate of drug-likeness (QED) is 0.679. The molecule has 0 bridgehead atoms. The molecule has 0 spiro atoms. The Kier molecular flexibility index (Phi) is 3.88. The Morgan fingerprint density at radius 1 is 1.38 bits per heavy atom. The number of rotatable bonds is 5. The third kappa shape index (κ3) is 5.60. The molecular weight excluding hydrogens is 172 g/mol. The predicted molar refractivity (Wildman–Crippen MR) is 48.6 cm³/mol. The molecule has 0 rings (SSSR count). The Morgan fingerprint density at radius 2 is 1.85 bits per heavy atom. The van der Waals surface area contributed by atoms with E-state index in [2.05, 4.69) is 0 Å². The van der Waals surface area contributed by atoms with Crippen LogP contribution in [0.3, 0.4) is 0 Å². The zero-order valence-corrected chi connectivity index (χ0v) is 8.63. The molecule has 0 amide bonds. The topological polar surface area (TPSA) is 66.8 Å². The largest absolute Gasteiger partial charge is 0.481 e. The fourth-order valence-electron chi connectivity index (χ4n) is 1.38. The van der Waals surface area contributed by atoms with Crippen LogP contribution in [0.15, 0.2) is 0 Å². The van der Waals surface area contributed by atoms with Gasteiger partial charge in [0.15, 0.2) is 0 Å². The van der Waals surface area contributed by atoms with Crippen LogP contribution in [0.2, 0.25) is 0 Å². The van der Waals surface area contributed by atoms with E-state index in [4.69, 9.17) is 9.84 Å². The lowest BCUT2D eigenvalue weighted by Crippen LogP contribution is -2.38. The minimum absolute atomic E-state index is 0.264. The molecule has 1 unspecified atom stereocenters. The smallest absolute Gasteiger partial charge is 0.306 e. The van der Waals surface area contributed by atoms with E-state index in [9.17, 15) is 9.90 Å². The van der Waals surface area contributed by atoms with Crippen molar-refractivity contribution in [2.24, 2.45) is 0 Å². The molecule has 4 nitrogen and oxygen atoms in total. The van der Waals surface area contributed by atoms with Crippen molar-refractivity contribution in [2.75, 3.05) is 7.11 Å². The molecule has 78 valence electrons.